The van der Waals surface area contributed by atoms with Gasteiger partial charge < -0.3 is 4.90 Å². The third-order valence-corrected chi connectivity index (χ3v) is 3.05. The zero-order chi connectivity index (χ0) is 13.8. The van der Waals surface area contributed by atoms with Gasteiger partial charge in [-0.25, -0.2) is 5.48 Å². The average Bonchev–Trinajstić information content (AvgIpc) is 2.45. The van der Waals surface area contributed by atoms with Crippen LogP contribution in [0, 0.1) is 5.92 Å². The number of nitrogens with zero attached hydrogens (tertiary/aromatic N) is 2. The van der Waals surface area contributed by atoms with Gasteiger partial charge in [0.15, 0.2) is 0 Å². The Morgan fingerprint density at radius 1 is 1.63 bits per heavy atom. The van der Waals surface area contributed by atoms with Gasteiger partial charge in [-0.1, -0.05) is 18.2 Å². The quantitative estimate of drug-likeness (QED) is 0.439. The molecular formula is C13H15N3O3. The number of carbonyl (C=O) groups excluding carboxylic acids is 2. The fraction of sp³-hybridized carbons (Fsp3) is 0.308. The average molecular weight is 261 g/mol. The Kier molecular flexibility index (Phi) is 3.91. The summed E-state index contributed by atoms with van der Waals surface area (Å²) >= 11 is 0. The number of rotatable bonds is 3. The second-order valence-electron chi connectivity index (χ2n) is 4.24. The minimum absolute atomic E-state index is 0.00404. The van der Waals surface area contributed by atoms with Crippen molar-refractivity contribution in [3.63, 3.8) is 0 Å². The van der Waals surface area contributed by atoms with E-state index < -0.39 is 5.91 Å². The van der Waals surface area contributed by atoms with Gasteiger partial charge in [0.05, 0.1) is 18.3 Å². The number of carbonyl (C=O) groups is 2. The molecule has 0 aromatic rings. The predicted octanol–water partition coefficient (Wildman–Crippen LogP) is 0.419. The van der Waals surface area contributed by atoms with Crippen molar-refractivity contribution in [1.29, 1.82) is 0 Å². The maximum absolute atomic E-state index is 12.1. The van der Waals surface area contributed by atoms with Crippen LogP contribution in [0.2, 0.25) is 0 Å². The van der Waals surface area contributed by atoms with Gasteiger partial charge in [0, 0.05) is 12.6 Å². The second kappa shape index (κ2) is 5.62. The predicted molar refractivity (Wildman–Crippen MR) is 69.4 cm³/mol. The normalized spacial score (nSPS) is 25.5. The molecule has 0 spiro atoms. The van der Waals surface area contributed by atoms with Crippen LogP contribution in [0.4, 0.5) is 0 Å². The number of fused-ring (bicyclic) bond motifs is 1. The van der Waals surface area contributed by atoms with Crippen LogP contribution in [0.5, 0.6) is 0 Å². The molecule has 19 heavy (non-hydrogen) atoms. The zero-order valence-corrected chi connectivity index (χ0v) is 10.5. The van der Waals surface area contributed by atoms with Crippen LogP contribution in [0.25, 0.3) is 0 Å². The molecule has 2 amide bonds. The molecule has 0 radical (unpaired) electrons. The van der Waals surface area contributed by atoms with E-state index in [4.69, 9.17) is 5.21 Å². The highest BCUT2D eigenvalue weighted by molar-refractivity contribution is 5.94. The molecule has 0 aromatic heterocycles. The number of nitrogens with one attached hydrogen (secondary N) is 1. The van der Waals surface area contributed by atoms with Crippen molar-refractivity contribution in [2.75, 3.05) is 6.54 Å². The van der Waals surface area contributed by atoms with Crippen LogP contribution >= 0.6 is 0 Å². The Bertz CT molecular complexity index is 505. The smallest absolute Gasteiger partial charge is 0.267 e. The molecule has 0 saturated carbocycles. The molecule has 2 rings (SSSR count). The summed E-state index contributed by atoms with van der Waals surface area (Å²) in [7, 11) is 0. The molecule has 2 unspecified atom stereocenters. The number of amides is 2. The first-order chi connectivity index (χ1) is 9.15. The summed E-state index contributed by atoms with van der Waals surface area (Å²) in [5.74, 6) is -0.934. The maximum atomic E-state index is 12.1. The molecule has 1 aliphatic carbocycles. The van der Waals surface area contributed by atoms with Crippen LogP contribution < -0.4 is 5.48 Å². The van der Waals surface area contributed by atoms with E-state index in [1.807, 2.05) is 13.0 Å². The fourth-order valence-electron chi connectivity index (χ4n) is 2.01. The van der Waals surface area contributed by atoms with Gasteiger partial charge in [-0.05, 0) is 18.6 Å². The molecule has 0 bridgehead atoms. The van der Waals surface area contributed by atoms with Gasteiger partial charge in [0.2, 0.25) is 5.91 Å². The van der Waals surface area contributed by atoms with Gasteiger partial charge >= 0.3 is 0 Å². The summed E-state index contributed by atoms with van der Waals surface area (Å²) in [6, 6.07) is -0.167. The van der Waals surface area contributed by atoms with Crippen LogP contribution in [0.1, 0.15) is 6.92 Å². The van der Waals surface area contributed by atoms with Crippen LogP contribution in [0.15, 0.2) is 40.9 Å². The first-order valence-corrected chi connectivity index (χ1v) is 6.01. The minimum Gasteiger partial charge on any atom is -0.303 e. The van der Waals surface area contributed by atoms with Crippen molar-refractivity contribution in [2.24, 2.45) is 10.9 Å². The lowest BCUT2D eigenvalue weighted by Gasteiger charge is -2.30. The highest BCUT2D eigenvalue weighted by Gasteiger charge is 2.32. The third-order valence-electron chi connectivity index (χ3n) is 3.05. The van der Waals surface area contributed by atoms with Gasteiger partial charge in [-0.3, -0.25) is 19.8 Å². The van der Waals surface area contributed by atoms with E-state index in [0.29, 0.717) is 6.54 Å². The number of hydrogen-bond donors (Lipinski definition) is 2. The SMILES string of the molecule is CCN1C=NC2C=CC(/C=C/C(=O)NO)=CC2C1=O. The molecule has 2 N–H and O–H groups in total. The molecule has 0 saturated heterocycles. The van der Waals surface area contributed by atoms with Crippen molar-refractivity contribution < 1.29 is 14.8 Å². The lowest BCUT2D eigenvalue weighted by molar-refractivity contribution is -0.130. The molecule has 1 heterocycles. The van der Waals surface area contributed by atoms with E-state index >= 15 is 0 Å². The number of allylic oxidation sites excluding steroid dienone is 3. The van der Waals surface area contributed by atoms with Crippen molar-refractivity contribution in [3.05, 3.63) is 36.0 Å². The van der Waals surface area contributed by atoms with E-state index in [9.17, 15) is 9.59 Å². The van der Waals surface area contributed by atoms with E-state index in [0.717, 1.165) is 5.57 Å². The molecular weight excluding hydrogens is 246 g/mol. The first-order valence-electron chi connectivity index (χ1n) is 6.01. The highest BCUT2D eigenvalue weighted by Crippen LogP contribution is 2.25. The Labute approximate surface area is 110 Å². The topological polar surface area (TPSA) is 82.0 Å². The zero-order valence-electron chi connectivity index (χ0n) is 10.5. The minimum atomic E-state index is -0.611. The van der Waals surface area contributed by atoms with Crippen molar-refractivity contribution in [1.82, 2.24) is 10.4 Å². The van der Waals surface area contributed by atoms with E-state index in [1.54, 1.807) is 29.5 Å². The monoisotopic (exact) mass is 261 g/mol. The molecule has 6 nitrogen and oxygen atoms in total. The second-order valence-corrected chi connectivity index (χ2v) is 4.24. The summed E-state index contributed by atoms with van der Waals surface area (Å²) in [4.78, 5) is 28.9. The van der Waals surface area contributed by atoms with Crippen LogP contribution in [-0.4, -0.2) is 40.8 Å². The van der Waals surface area contributed by atoms with Gasteiger partial charge in [-0.2, -0.15) is 0 Å². The Morgan fingerprint density at radius 2 is 2.42 bits per heavy atom. The molecule has 6 heteroatoms. The lowest BCUT2D eigenvalue weighted by atomic mass is 9.89. The van der Waals surface area contributed by atoms with Crippen LogP contribution in [-0.2, 0) is 9.59 Å². The van der Waals surface area contributed by atoms with E-state index in [1.165, 1.54) is 11.6 Å². The van der Waals surface area contributed by atoms with Crippen molar-refractivity contribution in [2.45, 2.75) is 13.0 Å². The molecule has 1 aliphatic heterocycles. The third kappa shape index (κ3) is 2.79. The summed E-state index contributed by atoms with van der Waals surface area (Å²) in [6.07, 6.45) is 9.73. The van der Waals surface area contributed by atoms with Crippen LogP contribution in [0.3, 0.4) is 0 Å². The van der Waals surface area contributed by atoms with Crippen molar-refractivity contribution in [3.8, 4) is 0 Å². The Hall–Kier alpha value is -2.21. The molecule has 0 fully saturated rings. The Balaban J connectivity index is 2.18. The molecule has 2 atom stereocenters. The summed E-state index contributed by atoms with van der Waals surface area (Å²) in [5.41, 5.74) is 2.25. The summed E-state index contributed by atoms with van der Waals surface area (Å²) in [5, 5.41) is 8.39. The molecule has 2 aliphatic rings. The lowest BCUT2D eigenvalue weighted by Crippen LogP contribution is -2.43. The molecule has 100 valence electrons. The van der Waals surface area contributed by atoms with E-state index in [2.05, 4.69) is 4.99 Å². The standard InChI is InChI=1S/C13H15N3O3/c1-2-16-8-14-11-5-3-9(4-6-12(17)15-19)7-10(11)13(16)18/h3-8,10-11,19H,2H2,1H3,(H,15,17)/b6-4+. The summed E-state index contributed by atoms with van der Waals surface area (Å²) < 4.78 is 0. The number of hydroxylamine groups is 1. The largest absolute Gasteiger partial charge is 0.303 e. The first kappa shape index (κ1) is 13.2. The maximum Gasteiger partial charge on any atom is 0.267 e. The number of hydrogen-bond acceptors (Lipinski definition) is 4. The molecule has 0 aromatic carbocycles. The Morgan fingerprint density at radius 3 is 3.11 bits per heavy atom. The summed E-state index contributed by atoms with van der Waals surface area (Å²) in [6.45, 7) is 2.47. The fourth-order valence-corrected chi connectivity index (χ4v) is 2.01. The van der Waals surface area contributed by atoms with E-state index in [-0.39, 0.29) is 17.9 Å². The van der Waals surface area contributed by atoms with Gasteiger partial charge in [0.25, 0.3) is 5.91 Å². The van der Waals surface area contributed by atoms with Crippen molar-refractivity contribution >= 4 is 18.2 Å². The highest BCUT2D eigenvalue weighted by atomic mass is 16.5. The number of aliphatic imine (C=N–C) groups is 1. The van der Waals surface area contributed by atoms with Gasteiger partial charge in [0.1, 0.15) is 0 Å². The van der Waals surface area contributed by atoms with Gasteiger partial charge in [-0.15, -0.1) is 0 Å².